The van der Waals surface area contributed by atoms with Crippen LogP contribution in [-0.4, -0.2) is 23.1 Å². The summed E-state index contributed by atoms with van der Waals surface area (Å²) in [5, 5.41) is 4.30. The van der Waals surface area contributed by atoms with Gasteiger partial charge in [-0.3, -0.25) is 0 Å². The van der Waals surface area contributed by atoms with E-state index in [-0.39, 0.29) is 0 Å². The van der Waals surface area contributed by atoms with Crippen LogP contribution < -0.4 is 0 Å². The summed E-state index contributed by atoms with van der Waals surface area (Å²) in [6.07, 6.45) is 4.09. The second kappa shape index (κ2) is 7.34. The van der Waals surface area contributed by atoms with Crippen molar-refractivity contribution < 1.29 is 9.26 Å². The number of rotatable bonds is 6. The Labute approximate surface area is 136 Å². The molecular formula is C18H23NO2S. The van der Waals surface area contributed by atoms with Gasteiger partial charge in [0.1, 0.15) is 11.5 Å². The summed E-state index contributed by atoms with van der Waals surface area (Å²) < 4.78 is 11.4. The van der Waals surface area contributed by atoms with Crippen LogP contribution in [0.25, 0.3) is 11.3 Å². The third-order valence-corrected chi connectivity index (χ3v) is 5.21. The minimum Gasteiger partial charge on any atom is -0.374 e. The van der Waals surface area contributed by atoms with Crippen LogP contribution >= 0.6 is 11.8 Å². The molecule has 1 aliphatic heterocycles. The molecule has 1 saturated heterocycles. The van der Waals surface area contributed by atoms with Gasteiger partial charge in [0, 0.05) is 29.1 Å². The molecule has 2 unspecified atom stereocenters. The highest BCUT2D eigenvalue weighted by molar-refractivity contribution is 7.98. The lowest BCUT2D eigenvalue weighted by atomic mass is 10.1. The van der Waals surface area contributed by atoms with Crippen LogP contribution in [0.3, 0.4) is 0 Å². The molecule has 1 aromatic heterocycles. The number of benzene rings is 1. The molecule has 0 spiro atoms. The monoisotopic (exact) mass is 317 g/mol. The predicted octanol–water partition coefficient (Wildman–Crippen LogP) is 4.70. The molecule has 3 nitrogen and oxygen atoms in total. The van der Waals surface area contributed by atoms with Gasteiger partial charge in [0.15, 0.2) is 0 Å². The minimum atomic E-state index is 0.408. The fourth-order valence-electron chi connectivity index (χ4n) is 2.89. The third-order valence-electron chi connectivity index (χ3n) is 4.11. The first-order valence-electron chi connectivity index (χ1n) is 8.04. The first-order chi connectivity index (χ1) is 10.8. The van der Waals surface area contributed by atoms with Crippen molar-refractivity contribution in [1.29, 1.82) is 0 Å². The van der Waals surface area contributed by atoms with E-state index in [2.05, 4.69) is 31.1 Å². The van der Waals surface area contributed by atoms with Gasteiger partial charge in [-0.1, -0.05) is 42.4 Å². The van der Waals surface area contributed by atoms with Gasteiger partial charge < -0.3 is 9.26 Å². The van der Waals surface area contributed by atoms with Crippen molar-refractivity contribution in [3.05, 3.63) is 41.7 Å². The molecule has 0 aliphatic carbocycles. The molecule has 4 heteroatoms. The molecule has 0 amide bonds. The normalized spacial score (nSPS) is 21.4. The van der Waals surface area contributed by atoms with Crippen LogP contribution in [0.15, 0.2) is 34.9 Å². The van der Waals surface area contributed by atoms with Crippen molar-refractivity contribution in [2.24, 2.45) is 0 Å². The fourth-order valence-corrected chi connectivity index (χ4v) is 4.02. The predicted molar refractivity (Wildman–Crippen MR) is 91.0 cm³/mol. The second-order valence-corrected chi connectivity index (χ2v) is 6.84. The van der Waals surface area contributed by atoms with Crippen LogP contribution in [0.2, 0.25) is 0 Å². The second-order valence-electron chi connectivity index (χ2n) is 5.81. The van der Waals surface area contributed by atoms with Crippen LogP contribution in [0.5, 0.6) is 0 Å². The highest BCUT2D eigenvalue weighted by Crippen LogP contribution is 2.31. The fraction of sp³-hybridized carbons (Fsp3) is 0.500. The van der Waals surface area contributed by atoms with E-state index in [0.29, 0.717) is 12.2 Å². The molecule has 1 fully saturated rings. The third kappa shape index (κ3) is 3.55. The number of hydrogen-bond donors (Lipinski definition) is 0. The van der Waals surface area contributed by atoms with Crippen LogP contribution in [0.4, 0.5) is 0 Å². The smallest absolute Gasteiger partial charge is 0.141 e. The summed E-state index contributed by atoms with van der Waals surface area (Å²) in [5.74, 6) is 2.99. The standard InChI is InChI=1S/C18H23NO2S/c1-3-17-16(12-22-11-15-10-9-13(2)20-15)18(19-21-17)14-7-5-4-6-8-14/h4-8,13,15H,3,9-12H2,1-2H3. The highest BCUT2D eigenvalue weighted by Gasteiger charge is 2.22. The van der Waals surface area contributed by atoms with Crippen molar-refractivity contribution >= 4 is 11.8 Å². The average molecular weight is 317 g/mol. The van der Waals surface area contributed by atoms with Crippen molar-refractivity contribution in [3.63, 3.8) is 0 Å². The van der Waals surface area contributed by atoms with E-state index in [1.165, 1.54) is 18.4 Å². The summed E-state index contributed by atoms with van der Waals surface area (Å²) in [4.78, 5) is 0. The number of aromatic nitrogens is 1. The molecule has 3 rings (SSSR count). The van der Waals surface area contributed by atoms with E-state index in [9.17, 15) is 0 Å². The summed E-state index contributed by atoms with van der Waals surface area (Å²) >= 11 is 1.92. The number of hydrogen-bond acceptors (Lipinski definition) is 4. The van der Waals surface area contributed by atoms with E-state index in [1.807, 2.05) is 30.0 Å². The molecule has 0 saturated carbocycles. The lowest BCUT2D eigenvalue weighted by Gasteiger charge is -2.10. The van der Waals surface area contributed by atoms with Crippen molar-refractivity contribution in [3.8, 4) is 11.3 Å². The lowest BCUT2D eigenvalue weighted by molar-refractivity contribution is 0.0700. The van der Waals surface area contributed by atoms with E-state index < -0.39 is 0 Å². The maximum absolute atomic E-state index is 5.89. The Morgan fingerprint density at radius 2 is 2.05 bits per heavy atom. The lowest BCUT2D eigenvalue weighted by Crippen LogP contribution is -2.11. The van der Waals surface area contributed by atoms with Gasteiger partial charge in [-0.25, -0.2) is 0 Å². The van der Waals surface area contributed by atoms with Crippen molar-refractivity contribution in [1.82, 2.24) is 5.16 Å². The zero-order chi connectivity index (χ0) is 15.4. The average Bonchev–Trinajstić information content (AvgIpc) is 3.14. The van der Waals surface area contributed by atoms with Crippen LogP contribution in [-0.2, 0) is 16.9 Å². The molecule has 2 aromatic rings. The van der Waals surface area contributed by atoms with E-state index >= 15 is 0 Å². The Bertz CT molecular complexity index is 596. The minimum absolute atomic E-state index is 0.408. The molecule has 0 N–H and O–H groups in total. The largest absolute Gasteiger partial charge is 0.374 e. The van der Waals surface area contributed by atoms with Gasteiger partial charge in [-0.15, -0.1) is 0 Å². The maximum Gasteiger partial charge on any atom is 0.141 e. The van der Waals surface area contributed by atoms with Crippen LogP contribution in [0, 0.1) is 0 Å². The molecule has 0 radical (unpaired) electrons. The first-order valence-corrected chi connectivity index (χ1v) is 9.19. The van der Waals surface area contributed by atoms with Gasteiger partial charge in [-0.05, 0) is 19.8 Å². The number of ether oxygens (including phenoxy) is 1. The van der Waals surface area contributed by atoms with Gasteiger partial charge in [0.05, 0.1) is 12.2 Å². The Hall–Kier alpha value is -1.26. The summed E-state index contributed by atoms with van der Waals surface area (Å²) in [6.45, 7) is 4.28. The molecule has 2 heterocycles. The highest BCUT2D eigenvalue weighted by atomic mass is 32.2. The Morgan fingerprint density at radius 3 is 2.73 bits per heavy atom. The van der Waals surface area contributed by atoms with Gasteiger partial charge in [0.2, 0.25) is 0 Å². The van der Waals surface area contributed by atoms with Gasteiger partial charge >= 0.3 is 0 Å². The SMILES string of the molecule is CCc1onc(-c2ccccc2)c1CSCC1CCC(C)O1. The molecular weight excluding hydrogens is 294 g/mol. The van der Waals surface area contributed by atoms with E-state index in [1.54, 1.807) is 0 Å². The molecule has 0 bridgehead atoms. The number of aryl methyl sites for hydroxylation is 1. The maximum atomic E-state index is 5.89. The summed E-state index contributed by atoms with van der Waals surface area (Å²) in [7, 11) is 0. The zero-order valence-electron chi connectivity index (χ0n) is 13.2. The van der Waals surface area contributed by atoms with E-state index in [4.69, 9.17) is 9.26 Å². The van der Waals surface area contributed by atoms with Crippen molar-refractivity contribution in [2.45, 2.75) is 51.1 Å². The van der Waals surface area contributed by atoms with E-state index in [0.717, 1.165) is 34.9 Å². The Balaban J connectivity index is 1.68. The Morgan fingerprint density at radius 1 is 1.23 bits per heavy atom. The van der Waals surface area contributed by atoms with Crippen molar-refractivity contribution in [2.75, 3.05) is 5.75 Å². The molecule has 22 heavy (non-hydrogen) atoms. The molecule has 2 atom stereocenters. The van der Waals surface area contributed by atoms with Gasteiger partial charge in [-0.2, -0.15) is 11.8 Å². The number of nitrogens with zero attached hydrogens (tertiary/aromatic N) is 1. The quantitative estimate of drug-likeness (QED) is 0.773. The summed E-state index contributed by atoms with van der Waals surface area (Å²) in [5.41, 5.74) is 3.36. The number of thioether (sulfide) groups is 1. The zero-order valence-corrected chi connectivity index (χ0v) is 14.1. The Kier molecular flexibility index (Phi) is 5.21. The molecule has 118 valence electrons. The van der Waals surface area contributed by atoms with Crippen LogP contribution in [0.1, 0.15) is 38.0 Å². The first kappa shape index (κ1) is 15.6. The molecule has 1 aromatic carbocycles. The molecule has 1 aliphatic rings. The summed E-state index contributed by atoms with van der Waals surface area (Å²) in [6, 6.07) is 10.3. The van der Waals surface area contributed by atoms with Gasteiger partial charge in [0.25, 0.3) is 0 Å². The topological polar surface area (TPSA) is 35.3 Å².